The molecule has 0 aliphatic carbocycles. The maximum absolute atomic E-state index is 6.04. The number of hydrogen-bond donors (Lipinski definition) is 0. The molecule has 30 heavy (non-hydrogen) atoms. The van der Waals surface area contributed by atoms with E-state index in [0.717, 1.165) is 19.2 Å². The summed E-state index contributed by atoms with van der Waals surface area (Å²) in [4.78, 5) is 0. The minimum atomic E-state index is -2.13. The van der Waals surface area contributed by atoms with Crippen LogP contribution in [0.3, 0.4) is 0 Å². The van der Waals surface area contributed by atoms with E-state index in [2.05, 4.69) is 115 Å². The van der Waals surface area contributed by atoms with Gasteiger partial charge in [0.05, 0.1) is 0 Å². The van der Waals surface area contributed by atoms with Crippen molar-refractivity contribution in [2.75, 3.05) is 12.8 Å². The second-order valence-electron chi connectivity index (χ2n) is 7.65. The molecule has 0 heterocycles. The van der Waals surface area contributed by atoms with Crippen molar-refractivity contribution in [2.45, 2.75) is 13.0 Å². The second-order valence-corrected chi connectivity index (χ2v) is 11.7. The predicted octanol–water partition coefficient (Wildman–Crippen LogP) is 5.32. The molecular weight excluding hydrogens is 383 g/mol. The molecule has 0 atom stereocenters. The van der Waals surface area contributed by atoms with Gasteiger partial charge in [0.2, 0.25) is 0 Å². The van der Waals surface area contributed by atoms with E-state index < -0.39 is 7.26 Å². The zero-order chi connectivity index (χ0) is 20.5. The average molecular weight is 413 g/mol. The predicted molar refractivity (Wildman–Crippen MR) is 132 cm³/mol. The quantitative estimate of drug-likeness (QED) is 0.267. The Bertz CT molecular complexity index is 905. The fraction of sp³-hybridized carbons (Fsp3) is 0.143. The van der Waals surface area contributed by atoms with Crippen LogP contribution in [0.2, 0.25) is 0 Å². The molecule has 0 amide bonds. The van der Waals surface area contributed by atoms with Gasteiger partial charge in [-0.05, 0) is 0 Å². The van der Waals surface area contributed by atoms with Gasteiger partial charge in [-0.15, -0.1) is 0 Å². The standard InChI is InChI=1S/C28H29OP/c1-5-14-25(15-6-1)24-29-22-13-23-30(26-16-7-2-8-17-26,27-18-9-3-10-19-27)28-20-11-4-12-21-28/h1-12,14-21,30H,13,22-24H2. The van der Waals surface area contributed by atoms with Gasteiger partial charge >= 0.3 is 181 Å². The van der Waals surface area contributed by atoms with E-state index in [1.54, 1.807) is 0 Å². The van der Waals surface area contributed by atoms with Crippen molar-refractivity contribution in [3.63, 3.8) is 0 Å². The van der Waals surface area contributed by atoms with Gasteiger partial charge in [-0.25, -0.2) is 0 Å². The third-order valence-electron chi connectivity index (χ3n) is 5.75. The summed E-state index contributed by atoms with van der Waals surface area (Å²) in [7, 11) is -2.13. The molecule has 0 saturated heterocycles. The van der Waals surface area contributed by atoms with Crippen molar-refractivity contribution in [1.29, 1.82) is 0 Å². The van der Waals surface area contributed by atoms with E-state index >= 15 is 0 Å². The van der Waals surface area contributed by atoms with Crippen LogP contribution in [0.4, 0.5) is 0 Å². The van der Waals surface area contributed by atoms with Crippen molar-refractivity contribution < 1.29 is 4.74 Å². The Labute approximate surface area is 180 Å². The number of hydrogen-bond acceptors (Lipinski definition) is 1. The molecule has 0 aromatic heterocycles. The summed E-state index contributed by atoms with van der Waals surface area (Å²) < 4.78 is 6.04. The van der Waals surface area contributed by atoms with Crippen LogP contribution in [-0.2, 0) is 11.3 Å². The van der Waals surface area contributed by atoms with Gasteiger partial charge in [0.25, 0.3) is 0 Å². The van der Waals surface area contributed by atoms with Gasteiger partial charge < -0.3 is 0 Å². The summed E-state index contributed by atoms with van der Waals surface area (Å²) in [6, 6.07) is 43.7. The Kier molecular flexibility index (Phi) is 7.08. The SMILES string of the molecule is c1ccc(COCCC[PH](c2ccccc2)(c2ccccc2)c2ccccc2)cc1. The zero-order valence-corrected chi connectivity index (χ0v) is 18.3. The molecule has 0 fully saturated rings. The van der Waals surface area contributed by atoms with Crippen LogP contribution in [0.25, 0.3) is 0 Å². The molecule has 0 spiro atoms. The third-order valence-corrected chi connectivity index (χ3v) is 10.8. The molecule has 2 heteroatoms. The first-order valence-electron chi connectivity index (χ1n) is 10.7. The van der Waals surface area contributed by atoms with Crippen LogP contribution in [0.1, 0.15) is 12.0 Å². The first-order valence-corrected chi connectivity index (χ1v) is 12.9. The van der Waals surface area contributed by atoms with Crippen LogP contribution < -0.4 is 15.9 Å². The van der Waals surface area contributed by atoms with Crippen molar-refractivity contribution in [1.82, 2.24) is 0 Å². The van der Waals surface area contributed by atoms with E-state index in [1.807, 2.05) is 6.07 Å². The van der Waals surface area contributed by atoms with Crippen LogP contribution in [0.15, 0.2) is 121 Å². The summed E-state index contributed by atoms with van der Waals surface area (Å²) in [5.41, 5.74) is 1.23. The fourth-order valence-corrected chi connectivity index (χ4v) is 9.13. The van der Waals surface area contributed by atoms with Crippen LogP contribution >= 0.6 is 7.26 Å². The Hall–Kier alpha value is -2.73. The molecule has 0 aliphatic heterocycles. The molecule has 4 rings (SSSR count). The van der Waals surface area contributed by atoms with Gasteiger partial charge in [0, 0.05) is 0 Å². The van der Waals surface area contributed by atoms with E-state index in [9.17, 15) is 0 Å². The van der Waals surface area contributed by atoms with Crippen LogP contribution in [-0.4, -0.2) is 12.8 Å². The van der Waals surface area contributed by atoms with Crippen molar-refractivity contribution in [3.8, 4) is 0 Å². The Balaban J connectivity index is 1.61. The normalized spacial score (nSPS) is 11.9. The van der Waals surface area contributed by atoms with Crippen molar-refractivity contribution in [2.24, 2.45) is 0 Å². The average Bonchev–Trinajstić information content (AvgIpc) is 2.84. The molecule has 0 saturated carbocycles. The molecule has 0 aliphatic rings. The van der Waals surface area contributed by atoms with E-state index in [0.29, 0.717) is 6.61 Å². The monoisotopic (exact) mass is 412 g/mol. The Morgan fingerprint density at radius 1 is 0.500 bits per heavy atom. The van der Waals surface area contributed by atoms with Gasteiger partial charge in [0.15, 0.2) is 0 Å². The number of ether oxygens (including phenoxy) is 1. The molecule has 152 valence electrons. The van der Waals surface area contributed by atoms with E-state index in [1.165, 1.54) is 21.5 Å². The Morgan fingerprint density at radius 2 is 0.900 bits per heavy atom. The van der Waals surface area contributed by atoms with Crippen molar-refractivity contribution >= 4 is 23.2 Å². The van der Waals surface area contributed by atoms with E-state index in [-0.39, 0.29) is 0 Å². The maximum atomic E-state index is 6.04. The van der Waals surface area contributed by atoms with Gasteiger partial charge in [-0.3, -0.25) is 0 Å². The summed E-state index contributed by atoms with van der Waals surface area (Å²) in [6.45, 7) is 1.45. The summed E-state index contributed by atoms with van der Waals surface area (Å²) in [5.74, 6) is 0. The summed E-state index contributed by atoms with van der Waals surface area (Å²) in [6.07, 6.45) is 2.16. The topological polar surface area (TPSA) is 9.23 Å². The number of rotatable bonds is 9. The van der Waals surface area contributed by atoms with Gasteiger partial charge in [-0.2, -0.15) is 0 Å². The van der Waals surface area contributed by atoms with Crippen LogP contribution in [0.5, 0.6) is 0 Å². The number of benzene rings is 4. The molecule has 0 bridgehead atoms. The minimum absolute atomic E-state index is 0.678. The molecule has 4 aromatic carbocycles. The van der Waals surface area contributed by atoms with Gasteiger partial charge in [-0.1, -0.05) is 0 Å². The first-order chi connectivity index (χ1) is 14.9. The summed E-state index contributed by atoms with van der Waals surface area (Å²) in [5, 5.41) is 4.39. The Morgan fingerprint density at radius 3 is 1.33 bits per heavy atom. The van der Waals surface area contributed by atoms with Crippen LogP contribution in [0, 0.1) is 0 Å². The van der Waals surface area contributed by atoms with E-state index in [4.69, 9.17) is 4.74 Å². The molecule has 0 N–H and O–H groups in total. The molecule has 4 aromatic rings. The molecular formula is C28H29OP. The third kappa shape index (κ3) is 4.70. The summed E-state index contributed by atoms with van der Waals surface area (Å²) >= 11 is 0. The first kappa shape index (κ1) is 20.5. The molecule has 1 nitrogen and oxygen atoms in total. The molecule has 0 unspecified atom stereocenters. The second kappa shape index (κ2) is 10.3. The molecule has 0 radical (unpaired) electrons. The van der Waals surface area contributed by atoms with Crippen molar-refractivity contribution in [3.05, 3.63) is 127 Å². The van der Waals surface area contributed by atoms with Gasteiger partial charge in [0.1, 0.15) is 0 Å². The zero-order valence-electron chi connectivity index (χ0n) is 17.3. The fourth-order valence-electron chi connectivity index (χ4n) is 4.30.